The summed E-state index contributed by atoms with van der Waals surface area (Å²) in [5, 5.41) is 6.88. The molecule has 8 heteroatoms. The van der Waals surface area contributed by atoms with E-state index in [0.717, 1.165) is 33.2 Å². The van der Waals surface area contributed by atoms with E-state index in [1.807, 2.05) is 80.7 Å². The summed E-state index contributed by atoms with van der Waals surface area (Å²) < 4.78 is 11.3. The van der Waals surface area contributed by atoms with Gasteiger partial charge in [0.05, 0.1) is 26.2 Å². The fraction of sp³-hybridized carbons (Fsp3) is 0.267. The highest BCUT2D eigenvalue weighted by atomic mass is 16.5. The van der Waals surface area contributed by atoms with E-state index in [4.69, 9.17) is 15.2 Å². The molecule has 5 N–H and O–H groups in total. The van der Waals surface area contributed by atoms with Gasteiger partial charge in [-0.15, -0.1) is 0 Å². The van der Waals surface area contributed by atoms with Crippen LogP contribution in [0.15, 0.2) is 72.9 Å². The molecule has 8 nitrogen and oxygen atoms in total. The number of fused-ring (bicyclic) bond motifs is 1. The number of primary amides is 1. The number of methoxy groups -OCH3 is 1. The second-order valence-electron chi connectivity index (χ2n) is 9.11. The lowest BCUT2D eigenvalue weighted by Crippen LogP contribution is -2.37. The van der Waals surface area contributed by atoms with Crippen molar-refractivity contribution in [2.45, 2.75) is 32.2 Å². The number of nitrogens with one attached hydrogen (secondary N) is 3. The second kappa shape index (κ2) is 12.2. The number of carbonyl (C=O) groups excluding carboxylic acids is 2. The molecule has 0 fully saturated rings. The topological polar surface area (TPSA) is 118 Å². The number of aryl methyl sites for hydroxylation is 1. The Morgan fingerprint density at radius 1 is 1.00 bits per heavy atom. The van der Waals surface area contributed by atoms with E-state index in [-0.39, 0.29) is 18.2 Å². The predicted octanol–water partition coefficient (Wildman–Crippen LogP) is 4.93. The van der Waals surface area contributed by atoms with Gasteiger partial charge in [0.1, 0.15) is 0 Å². The van der Waals surface area contributed by atoms with E-state index < -0.39 is 12.1 Å². The number of H-pyrrole nitrogens is 1. The molecule has 2 unspecified atom stereocenters. The average molecular weight is 515 g/mol. The SMILES string of the molecule is CCOc1ccc(C(CNC(=O)CC(NC(N)=O)c2ccccc2C)c2c[nH]c3ccccc23)cc1OC. The molecule has 0 saturated carbocycles. The molecule has 4 rings (SSSR count). The summed E-state index contributed by atoms with van der Waals surface area (Å²) in [6, 6.07) is 20.3. The van der Waals surface area contributed by atoms with Crippen molar-refractivity contribution >= 4 is 22.8 Å². The Morgan fingerprint density at radius 3 is 2.50 bits per heavy atom. The Labute approximate surface area is 222 Å². The zero-order valence-corrected chi connectivity index (χ0v) is 21.9. The molecule has 198 valence electrons. The normalized spacial score (nSPS) is 12.5. The van der Waals surface area contributed by atoms with Crippen LogP contribution in [0.25, 0.3) is 10.9 Å². The maximum absolute atomic E-state index is 13.2. The highest BCUT2D eigenvalue weighted by Gasteiger charge is 2.23. The van der Waals surface area contributed by atoms with Crippen LogP contribution in [-0.4, -0.2) is 37.2 Å². The quantitative estimate of drug-likeness (QED) is 0.227. The highest BCUT2D eigenvalue weighted by Crippen LogP contribution is 2.36. The van der Waals surface area contributed by atoms with E-state index in [1.165, 1.54) is 0 Å². The molecule has 0 bridgehead atoms. The largest absolute Gasteiger partial charge is 0.493 e. The van der Waals surface area contributed by atoms with Crippen molar-refractivity contribution in [3.63, 3.8) is 0 Å². The number of rotatable bonds is 11. The number of urea groups is 1. The van der Waals surface area contributed by atoms with Crippen LogP contribution in [-0.2, 0) is 4.79 Å². The summed E-state index contributed by atoms with van der Waals surface area (Å²) in [4.78, 5) is 28.2. The van der Waals surface area contributed by atoms with Gasteiger partial charge in [-0.1, -0.05) is 48.5 Å². The number of hydrogen-bond donors (Lipinski definition) is 4. The van der Waals surface area contributed by atoms with Crippen molar-refractivity contribution in [1.82, 2.24) is 15.6 Å². The molecular weight excluding hydrogens is 480 g/mol. The van der Waals surface area contributed by atoms with Crippen LogP contribution in [0.1, 0.15) is 47.6 Å². The maximum atomic E-state index is 13.2. The van der Waals surface area contributed by atoms with E-state index in [0.29, 0.717) is 24.7 Å². The number of benzene rings is 3. The average Bonchev–Trinajstić information content (AvgIpc) is 3.33. The summed E-state index contributed by atoms with van der Waals surface area (Å²) in [7, 11) is 1.61. The van der Waals surface area contributed by atoms with Crippen LogP contribution >= 0.6 is 0 Å². The van der Waals surface area contributed by atoms with Crippen molar-refractivity contribution < 1.29 is 19.1 Å². The molecule has 0 spiro atoms. The van der Waals surface area contributed by atoms with Gasteiger partial charge in [-0.2, -0.15) is 0 Å². The number of hydrogen-bond acceptors (Lipinski definition) is 4. The van der Waals surface area contributed by atoms with E-state index in [2.05, 4.69) is 21.7 Å². The third-order valence-corrected chi connectivity index (χ3v) is 6.66. The monoisotopic (exact) mass is 514 g/mol. The molecule has 4 aromatic rings. The van der Waals surface area contributed by atoms with E-state index >= 15 is 0 Å². The third-order valence-electron chi connectivity index (χ3n) is 6.66. The van der Waals surface area contributed by atoms with Gasteiger partial charge in [0.2, 0.25) is 5.91 Å². The van der Waals surface area contributed by atoms with Crippen LogP contribution in [0.5, 0.6) is 11.5 Å². The van der Waals surface area contributed by atoms with Gasteiger partial charge in [0.25, 0.3) is 0 Å². The first-order valence-electron chi connectivity index (χ1n) is 12.7. The lowest BCUT2D eigenvalue weighted by molar-refractivity contribution is -0.121. The number of aromatic amines is 1. The van der Waals surface area contributed by atoms with Crippen LogP contribution in [0.4, 0.5) is 4.79 Å². The van der Waals surface area contributed by atoms with Gasteiger partial charge in [-0.05, 0) is 54.3 Å². The summed E-state index contributed by atoms with van der Waals surface area (Å²) in [6.07, 6.45) is 2.04. The molecule has 0 saturated heterocycles. The van der Waals surface area contributed by atoms with Crippen LogP contribution in [0, 0.1) is 6.92 Å². The number of amides is 3. The van der Waals surface area contributed by atoms with Crippen molar-refractivity contribution in [3.8, 4) is 11.5 Å². The number of para-hydroxylation sites is 1. The standard InChI is InChI=1S/C30H34N4O4/c1-4-38-27-14-13-20(15-28(27)37-3)23(24-18-32-25-12-8-7-11-22(24)25)17-33-29(35)16-26(34-30(31)36)21-10-6-5-9-19(21)2/h5-15,18,23,26,32H,4,16-17H2,1-3H3,(H,33,35)(H3,31,34,36). The second-order valence-corrected chi connectivity index (χ2v) is 9.11. The molecule has 0 aliphatic heterocycles. The van der Waals surface area contributed by atoms with Gasteiger partial charge in [-0.25, -0.2) is 4.79 Å². The Balaban J connectivity index is 1.61. The molecule has 1 aromatic heterocycles. The Hall–Kier alpha value is -4.46. The van der Waals surface area contributed by atoms with E-state index in [9.17, 15) is 9.59 Å². The predicted molar refractivity (Wildman–Crippen MR) is 149 cm³/mol. The van der Waals surface area contributed by atoms with E-state index in [1.54, 1.807) is 7.11 Å². The van der Waals surface area contributed by atoms with Crippen molar-refractivity contribution in [2.24, 2.45) is 5.73 Å². The fourth-order valence-electron chi connectivity index (χ4n) is 4.83. The van der Waals surface area contributed by atoms with Crippen LogP contribution in [0.2, 0.25) is 0 Å². The van der Waals surface area contributed by atoms with Gasteiger partial charge >= 0.3 is 6.03 Å². The summed E-state index contributed by atoms with van der Waals surface area (Å²) in [5.41, 5.74) is 10.3. The van der Waals surface area contributed by atoms with Gasteiger partial charge in [0, 0.05) is 29.6 Å². The number of ether oxygens (including phenoxy) is 2. The minimum atomic E-state index is -0.677. The van der Waals surface area contributed by atoms with Crippen LogP contribution < -0.4 is 25.8 Å². The van der Waals surface area contributed by atoms with Gasteiger partial charge < -0.3 is 30.8 Å². The molecular formula is C30H34N4O4. The number of aromatic nitrogens is 1. The molecule has 0 aliphatic carbocycles. The molecule has 0 radical (unpaired) electrons. The summed E-state index contributed by atoms with van der Waals surface area (Å²) in [6.45, 7) is 4.73. The Morgan fingerprint density at radius 2 is 1.76 bits per heavy atom. The first-order valence-corrected chi connectivity index (χ1v) is 12.7. The van der Waals surface area contributed by atoms with Gasteiger partial charge in [-0.3, -0.25) is 4.79 Å². The van der Waals surface area contributed by atoms with Crippen molar-refractivity contribution in [3.05, 3.63) is 95.2 Å². The van der Waals surface area contributed by atoms with Crippen molar-refractivity contribution in [1.29, 1.82) is 0 Å². The van der Waals surface area contributed by atoms with Crippen molar-refractivity contribution in [2.75, 3.05) is 20.3 Å². The molecule has 1 heterocycles. The fourth-order valence-corrected chi connectivity index (χ4v) is 4.83. The zero-order valence-electron chi connectivity index (χ0n) is 21.9. The first kappa shape index (κ1) is 26.6. The highest BCUT2D eigenvalue weighted by molar-refractivity contribution is 5.84. The lowest BCUT2D eigenvalue weighted by atomic mass is 9.90. The molecule has 3 aromatic carbocycles. The molecule has 0 aliphatic rings. The lowest BCUT2D eigenvalue weighted by Gasteiger charge is -2.22. The summed E-state index contributed by atoms with van der Waals surface area (Å²) in [5.74, 6) is 0.931. The molecule has 3 amide bonds. The number of carbonyl (C=O) groups is 2. The first-order chi connectivity index (χ1) is 18.4. The molecule has 38 heavy (non-hydrogen) atoms. The summed E-state index contributed by atoms with van der Waals surface area (Å²) >= 11 is 0. The Bertz CT molecular complexity index is 1410. The minimum absolute atomic E-state index is 0.0565. The smallest absolute Gasteiger partial charge is 0.312 e. The van der Waals surface area contributed by atoms with Gasteiger partial charge in [0.15, 0.2) is 11.5 Å². The minimum Gasteiger partial charge on any atom is -0.493 e. The Kier molecular flexibility index (Phi) is 8.53. The third kappa shape index (κ3) is 6.08. The maximum Gasteiger partial charge on any atom is 0.312 e. The molecule has 2 atom stereocenters. The zero-order chi connectivity index (χ0) is 27.1. The van der Waals surface area contributed by atoms with Crippen LogP contribution in [0.3, 0.4) is 0 Å². The number of nitrogens with two attached hydrogens (primary N) is 1.